The molecule has 0 spiro atoms. The summed E-state index contributed by atoms with van der Waals surface area (Å²) in [5.41, 5.74) is 2.04. The predicted molar refractivity (Wildman–Crippen MR) is 118 cm³/mol. The minimum absolute atomic E-state index is 0.186. The lowest BCUT2D eigenvalue weighted by Crippen LogP contribution is -2.31. The smallest absolute Gasteiger partial charge is 0.260 e. The van der Waals surface area contributed by atoms with Gasteiger partial charge in [-0.1, -0.05) is 17.4 Å². The fourth-order valence-electron chi connectivity index (χ4n) is 3.35. The van der Waals surface area contributed by atoms with Gasteiger partial charge in [-0.15, -0.1) is 0 Å². The van der Waals surface area contributed by atoms with Crippen molar-refractivity contribution in [1.82, 2.24) is 9.97 Å². The Morgan fingerprint density at radius 2 is 1.97 bits per heavy atom. The van der Waals surface area contributed by atoms with Crippen LogP contribution in [-0.2, 0) is 6.54 Å². The molecule has 1 aliphatic rings. The van der Waals surface area contributed by atoms with Gasteiger partial charge in [-0.2, -0.15) is 0 Å². The van der Waals surface area contributed by atoms with Gasteiger partial charge < -0.3 is 14.2 Å². The molecule has 8 heteroatoms. The number of amides is 1. The number of thiazole rings is 1. The van der Waals surface area contributed by atoms with E-state index in [1.54, 1.807) is 36.4 Å². The van der Waals surface area contributed by atoms with Crippen LogP contribution in [0.25, 0.3) is 10.2 Å². The molecule has 0 atom stereocenters. The second-order valence-electron chi connectivity index (χ2n) is 6.90. The molecule has 1 amide bonds. The molecule has 4 aromatic rings. The molecule has 1 aliphatic heterocycles. The zero-order valence-electron chi connectivity index (χ0n) is 16.8. The maximum absolute atomic E-state index is 13.6. The topological polar surface area (TPSA) is 73.8 Å². The number of methoxy groups -OCH3 is 1. The Kier molecular flexibility index (Phi) is 5.13. The van der Waals surface area contributed by atoms with Crippen LogP contribution < -0.4 is 19.1 Å². The molecule has 0 unspecified atom stereocenters. The Morgan fingerprint density at radius 3 is 2.77 bits per heavy atom. The zero-order valence-corrected chi connectivity index (χ0v) is 17.6. The molecule has 0 fully saturated rings. The number of hydrogen-bond acceptors (Lipinski definition) is 7. The van der Waals surface area contributed by atoms with Gasteiger partial charge in [0.15, 0.2) is 16.6 Å². The largest absolute Gasteiger partial charge is 0.497 e. The number of benzene rings is 2. The first-order valence-electron chi connectivity index (χ1n) is 9.77. The minimum Gasteiger partial charge on any atom is -0.497 e. The molecule has 0 N–H and O–H groups in total. The van der Waals surface area contributed by atoms with E-state index in [4.69, 9.17) is 19.2 Å². The highest BCUT2D eigenvalue weighted by Gasteiger charge is 2.24. The average Bonchev–Trinajstić information content (AvgIpc) is 3.25. The number of pyridine rings is 1. The Hall–Kier alpha value is -3.65. The summed E-state index contributed by atoms with van der Waals surface area (Å²) in [5, 5.41) is 0.591. The third kappa shape index (κ3) is 3.89. The number of fused-ring (bicyclic) bond motifs is 2. The molecule has 0 radical (unpaired) electrons. The van der Waals surface area contributed by atoms with E-state index in [1.807, 2.05) is 36.4 Å². The van der Waals surface area contributed by atoms with Crippen LogP contribution in [0, 0.1) is 0 Å². The average molecular weight is 433 g/mol. The van der Waals surface area contributed by atoms with Crippen molar-refractivity contribution in [3.05, 3.63) is 72.1 Å². The number of nitrogens with zero attached hydrogens (tertiary/aromatic N) is 3. The quantitative estimate of drug-likeness (QED) is 0.467. The number of ether oxygens (including phenoxy) is 3. The van der Waals surface area contributed by atoms with Crippen molar-refractivity contribution in [2.45, 2.75) is 6.54 Å². The second-order valence-corrected chi connectivity index (χ2v) is 7.91. The van der Waals surface area contributed by atoms with Crippen LogP contribution in [-0.4, -0.2) is 36.2 Å². The van der Waals surface area contributed by atoms with Crippen LogP contribution in [0.5, 0.6) is 17.2 Å². The van der Waals surface area contributed by atoms with E-state index in [-0.39, 0.29) is 5.91 Å². The van der Waals surface area contributed by atoms with E-state index in [1.165, 1.54) is 11.3 Å². The van der Waals surface area contributed by atoms with Gasteiger partial charge in [0.1, 0.15) is 19.0 Å². The lowest BCUT2D eigenvalue weighted by Gasteiger charge is -2.22. The van der Waals surface area contributed by atoms with Crippen LogP contribution in [0.3, 0.4) is 0 Å². The molecular formula is C23H19N3O4S. The van der Waals surface area contributed by atoms with Crippen LogP contribution >= 0.6 is 11.3 Å². The summed E-state index contributed by atoms with van der Waals surface area (Å²) in [6.45, 7) is 1.26. The molecule has 0 aliphatic carbocycles. The first kappa shape index (κ1) is 19.3. The van der Waals surface area contributed by atoms with Gasteiger partial charge in [0, 0.05) is 17.8 Å². The summed E-state index contributed by atoms with van der Waals surface area (Å²) in [6, 6.07) is 16.6. The molecule has 0 saturated heterocycles. The molecule has 3 heterocycles. The van der Waals surface area contributed by atoms with Crippen LogP contribution in [0.4, 0.5) is 5.13 Å². The minimum atomic E-state index is -0.186. The van der Waals surface area contributed by atoms with E-state index in [9.17, 15) is 4.79 Å². The van der Waals surface area contributed by atoms with Crippen LogP contribution in [0.1, 0.15) is 16.1 Å². The van der Waals surface area contributed by atoms with Crippen molar-refractivity contribution in [2.24, 2.45) is 0 Å². The standard InChI is InChI=1S/C23H19N3O4S/c1-28-17-6-8-21-18(13-17)25-23(31-21)26(14-16-4-2-3-9-24-16)22(27)15-5-7-19-20(12-15)30-11-10-29-19/h2-9,12-13H,10-11,14H2,1H3. The Bertz CT molecular complexity index is 1240. The maximum atomic E-state index is 13.6. The number of rotatable bonds is 5. The van der Waals surface area contributed by atoms with E-state index in [0.29, 0.717) is 42.0 Å². The highest BCUT2D eigenvalue weighted by atomic mass is 32.1. The van der Waals surface area contributed by atoms with Gasteiger partial charge in [-0.25, -0.2) is 4.98 Å². The Balaban J connectivity index is 1.54. The number of carbonyl (C=O) groups is 1. The molecule has 0 saturated carbocycles. The van der Waals surface area contributed by atoms with Crippen molar-refractivity contribution in [1.29, 1.82) is 0 Å². The summed E-state index contributed by atoms with van der Waals surface area (Å²) < 4.78 is 17.5. The molecule has 156 valence electrons. The molecule has 31 heavy (non-hydrogen) atoms. The Labute approximate surface area is 182 Å². The van der Waals surface area contributed by atoms with Gasteiger partial charge in [-0.05, 0) is 42.5 Å². The van der Waals surface area contributed by atoms with E-state index in [2.05, 4.69) is 4.98 Å². The number of hydrogen-bond donors (Lipinski definition) is 0. The van der Waals surface area contributed by atoms with Gasteiger partial charge >= 0.3 is 0 Å². The maximum Gasteiger partial charge on any atom is 0.260 e. The lowest BCUT2D eigenvalue weighted by molar-refractivity contribution is 0.0983. The van der Waals surface area contributed by atoms with E-state index >= 15 is 0 Å². The summed E-state index contributed by atoms with van der Waals surface area (Å²) in [6.07, 6.45) is 1.71. The van der Waals surface area contributed by atoms with Gasteiger partial charge in [0.2, 0.25) is 0 Å². The number of carbonyl (C=O) groups excluding carboxylic acids is 1. The van der Waals surface area contributed by atoms with Crippen molar-refractivity contribution >= 4 is 32.6 Å². The fraction of sp³-hybridized carbons (Fsp3) is 0.174. The molecule has 2 aromatic heterocycles. The van der Waals surface area contributed by atoms with Gasteiger partial charge in [0.05, 0.1) is 29.6 Å². The van der Waals surface area contributed by atoms with Crippen molar-refractivity contribution < 1.29 is 19.0 Å². The van der Waals surface area contributed by atoms with E-state index < -0.39 is 0 Å². The normalized spacial score (nSPS) is 12.5. The second kappa shape index (κ2) is 8.23. The molecule has 2 aromatic carbocycles. The number of anilines is 1. The van der Waals surface area contributed by atoms with Crippen molar-refractivity contribution in [2.75, 3.05) is 25.2 Å². The highest BCUT2D eigenvalue weighted by molar-refractivity contribution is 7.22. The SMILES string of the molecule is COc1ccc2sc(N(Cc3ccccn3)C(=O)c3ccc4c(c3)OCCO4)nc2c1. The monoisotopic (exact) mass is 433 g/mol. The first-order valence-corrected chi connectivity index (χ1v) is 10.6. The summed E-state index contributed by atoms with van der Waals surface area (Å²) >= 11 is 1.45. The van der Waals surface area contributed by atoms with Crippen LogP contribution in [0.2, 0.25) is 0 Å². The highest BCUT2D eigenvalue weighted by Crippen LogP contribution is 2.35. The van der Waals surface area contributed by atoms with Gasteiger partial charge in [0.25, 0.3) is 5.91 Å². The summed E-state index contributed by atoms with van der Waals surface area (Å²) in [4.78, 5) is 24.3. The van der Waals surface area contributed by atoms with Crippen molar-refractivity contribution in [3.8, 4) is 17.2 Å². The van der Waals surface area contributed by atoms with Crippen molar-refractivity contribution in [3.63, 3.8) is 0 Å². The third-order valence-corrected chi connectivity index (χ3v) is 5.95. The fourth-order valence-corrected chi connectivity index (χ4v) is 4.29. The molecule has 5 rings (SSSR count). The van der Waals surface area contributed by atoms with Crippen LogP contribution in [0.15, 0.2) is 60.8 Å². The molecule has 7 nitrogen and oxygen atoms in total. The summed E-state index contributed by atoms with van der Waals surface area (Å²) in [5.74, 6) is 1.75. The van der Waals surface area contributed by atoms with Gasteiger partial charge in [-0.3, -0.25) is 14.7 Å². The number of aromatic nitrogens is 2. The molecular weight excluding hydrogens is 414 g/mol. The molecule has 0 bridgehead atoms. The third-order valence-electron chi connectivity index (χ3n) is 4.89. The lowest BCUT2D eigenvalue weighted by atomic mass is 10.1. The Morgan fingerprint density at radius 1 is 1.10 bits per heavy atom. The summed E-state index contributed by atoms with van der Waals surface area (Å²) in [7, 11) is 1.62. The zero-order chi connectivity index (χ0) is 21.2. The predicted octanol–water partition coefficient (Wildman–Crippen LogP) is 4.32. The van der Waals surface area contributed by atoms with E-state index in [0.717, 1.165) is 21.7 Å². The first-order chi connectivity index (χ1) is 15.2.